The van der Waals surface area contributed by atoms with Crippen LogP contribution in [-0.2, 0) is 9.53 Å². The third-order valence-electron chi connectivity index (χ3n) is 5.36. The van der Waals surface area contributed by atoms with E-state index in [1.54, 1.807) is 0 Å². The van der Waals surface area contributed by atoms with Gasteiger partial charge < -0.3 is 10.1 Å². The fraction of sp³-hybridized carbons (Fsp3) is 0.375. The predicted octanol–water partition coefficient (Wildman–Crippen LogP) is 5.76. The summed E-state index contributed by atoms with van der Waals surface area (Å²) in [5, 5.41) is 11.0. The van der Waals surface area contributed by atoms with Gasteiger partial charge in [-0.15, -0.1) is 0 Å². The molecular formula is C24H28N4O3. The first-order valence-corrected chi connectivity index (χ1v) is 10.7. The van der Waals surface area contributed by atoms with E-state index in [-0.39, 0.29) is 11.8 Å². The lowest BCUT2D eigenvalue weighted by molar-refractivity contribution is -0.119. The van der Waals surface area contributed by atoms with Crippen LogP contribution in [0.4, 0.5) is 22.0 Å². The molecule has 0 bridgehead atoms. The lowest BCUT2D eigenvalue weighted by Crippen LogP contribution is -2.33. The maximum absolute atomic E-state index is 13.0. The first-order chi connectivity index (χ1) is 14.8. The van der Waals surface area contributed by atoms with E-state index in [1.807, 2.05) is 69.3 Å². The highest BCUT2D eigenvalue weighted by Gasteiger charge is 2.26. The number of hydrogen-bond donors (Lipinski definition) is 2. The van der Waals surface area contributed by atoms with Crippen LogP contribution < -0.4 is 10.2 Å². The average molecular weight is 421 g/mol. The normalized spacial score (nSPS) is 14.5. The number of aromatic nitrogens is 2. The van der Waals surface area contributed by atoms with Crippen molar-refractivity contribution >= 4 is 40.1 Å². The number of nitrogens with one attached hydrogen (secondary N) is 2. The smallest absolute Gasteiger partial charge is 0.419 e. The molecule has 1 aromatic heterocycles. The van der Waals surface area contributed by atoms with Gasteiger partial charge in [-0.2, -0.15) is 5.10 Å². The second kappa shape index (κ2) is 8.41. The van der Waals surface area contributed by atoms with Crippen molar-refractivity contribution in [2.45, 2.75) is 52.1 Å². The Bertz CT molecular complexity index is 1080. The molecule has 1 aliphatic rings. The number of aromatic amines is 1. The fourth-order valence-electron chi connectivity index (χ4n) is 3.89. The van der Waals surface area contributed by atoms with Crippen LogP contribution in [0.3, 0.4) is 0 Å². The van der Waals surface area contributed by atoms with Crippen molar-refractivity contribution in [3.63, 3.8) is 0 Å². The molecule has 1 fully saturated rings. The van der Waals surface area contributed by atoms with Crippen molar-refractivity contribution in [2.75, 3.05) is 10.2 Å². The van der Waals surface area contributed by atoms with Crippen LogP contribution in [0.2, 0.25) is 0 Å². The Morgan fingerprint density at radius 3 is 2.45 bits per heavy atom. The summed E-state index contributed by atoms with van der Waals surface area (Å²) in [4.78, 5) is 27.0. The van der Waals surface area contributed by atoms with E-state index in [1.165, 1.54) is 4.90 Å². The summed E-state index contributed by atoms with van der Waals surface area (Å²) in [5.74, 6) is 0.600. The summed E-state index contributed by atoms with van der Waals surface area (Å²) < 4.78 is 5.64. The third-order valence-corrected chi connectivity index (χ3v) is 5.36. The zero-order chi connectivity index (χ0) is 22.0. The van der Waals surface area contributed by atoms with Gasteiger partial charge in [0.15, 0.2) is 5.82 Å². The summed E-state index contributed by atoms with van der Waals surface area (Å²) >= 11 is 0. The maximum atomic E-state index is 13.0. The van der Waals surface area contributed by atoms with Crippen LogP contribution in [-0.4, -0.2) is 27.8 Å². The Labute approximate surface area is 181 Å². The van der Waals surface area contributed by atoms with Gasteiger partial charge in [0.25, 0.3) is 0 Å². The molecule has 7 heteroatoms. The zero-order valence-electron chi connectivity index (χ0n) is 18.1. The summed E-state index contributed by atoms with van der Waals surface area (Å²) in [7, 11) is 0. The third kappa shape index (κ3) is 4.71. The molecule has 2 N–H and O–H groups in total. The van der Waals surface area contributed by atoms with E-state index in [0.29, 0.717) is 17.2 Å². The van der Waals surface area contributed by atoms with E-state index in [4.69, 9.17) is 4.74 Å². The van der Waals surface area contributed by atoms with E-state index >= 15 is 0 Å². The molecule has 0 spiro atoms. The second-order valence-corrected chi connectivity index (χ2v) is 8.92. The van der Waals surface area contributed by atoms with Crippen molar-refractivity contribution in [2.24, 2.45) is 5.92 Å². The molecule has 31 heavy (non-hydrogen) atoms. The molecule has 0 atom stereocenters. The minimum absolute atomic E-state index is 0.0228. The quantitative estimate of drug-likeness (QED) is 0.561. The topological polar surface area (TPSA) is 87.3 Å². The number of benzene rings is 2. The molecular weight excluding hydrogens is 392 g/mol. The lowest BCUT2D eigenvalue weighted by atomic mass is 10.1. The van der Waals surface area contributed by atoms with Gasteiger partial charge in [-0.1, -0.05) is 31.0 Å². The molecule has 0 unspecified atom stereocenters. The van der Waals surface area contributed by atoms with Crippen LogP contribution >= 0.6 is 0 Å². The highest BCUT2D eigenvalue weighted by molar-refractivity contribution is 6.03. The van der Waals surface area contributed by atoms with Crippen LogP contribution in [0.1, 0.15) is 46.5 Å². The van der Waals surface area contributed by atoms with Gasteiger partial charge in [0, 0.05) is 11.3 Å². The van der Waals surface area contributed by atoms with Crippen molar-refractivity contribution < 1.29 is 14.3 Å². The minimum atomic E-state index is -0.625. The molecule has 1 heterocycles. The molecule has 4 rings (SSSR count). The van der Waals surface area contributed by atoms with Gasteiger partial charge in [-0.05, 0) is 63.9 Å². The predicted molar refractivity (Wildman–Crippen MR) is 121 cm³/mol. The maximum Gasteiger partial charge on any atom is 0.419 e. The monoisotopic (exact) mass is 420 g/mol. The number of H-pyrrole nitrogens is 1. The number of hydrogen-bond acceptors (Lipinski definition) is 4. The van der Waals surface area contributed by atoms with Crippen LogP contribution in [0.5, 0.6) is 0 Å². The first-order valence-electron chi connectivity index (χ1n) is 10.7. The zero-order valence-corrected chi connectivity index (χ0v) is 18.1. The molecule has 3 aromatic rings. The minimum Gasteiger partial charge on any atom is -0.443 e. The van der Waals surface area contributed by atoms with Gasteiger partial charge in [0.1, 0.15) is 5.60 Å². The number of carbonyl (C=O) groups is 2. The number of anilines is 3. The van der Waals surface area contributed by atoms with E-state index < -0.39 is 11.7 Å². The number of ether oxygens (including phenoxy) is 1. The second-order valence-electron chi connectivity index (χ2n) is 8.92. The number of carbonyl (C=O) groups excluding carboxylic acids is 2. The van der Waals surface area contributed by atoms with Gasteiger partial charge >= 0.3 is 6.09 Å². The largest absolute Gasteiger partial charge is 0.443 e. The number of rotatable bonds is 4. The Morgan fingerprint density at radius 2 is 1.77 bits per heavy atom. The highest BCUT2D eigenvalue weighted by Crippen LogP contribution is 2.32. The molecule has 0 aliphatic heterocycles. The number of nitrogens with zero attached hydrogens (tertiary/aromatic N) is 2. The summed E-state index contributed by atoms with van der Waals surface area (Å²) in [6.07, 6.45) is 3.60. The van der Waals surface area contributed by atoms with Crippen LogP contribution in [0.25, 0.3) is 10.9 Å². The van der Waals surface area contributed by atoms with Crippen LogP contribution in [0, 0.1) is 5.92 Å². The average Bonchev–Trinajstić information content (AvgIpc) is 3.38. The Kier molecular flexibility index (Phi) is 5.67. The highest BCUT2D eigenvalue weighted by atomic mass is 16.6. The van der Waals surface area contributed by atoms with E-state index in [9.17, 15) is 9.59 Å². The van der Waals surface area contributed by atoms with Gasteiger partial charge in [0.2, 0.25) is 5.91 Å². The number of para-hydroxylation sites is 1. The molecule has 0 saturated heterocycles. The molecule has 2 amide bonds. The van der Waals surface area contributed by atoms with Crippen molar-refractivity contribution in [3.8, 4) is 0 Å². The standard InChI is InChI=1S/C24H28N4O3/c1-24(2,3)31-23(30)28(17-11-5-4-6-12-17)18-13-14-19-20(15-18)26-27-21(19)25-22(29)16-9-7-8-10-16/h4-6,11-16H,7-10H2,1-3H3,(H2,25,26,27,29). The van der Waals surface area contributed by atoms with Crippen LogP contribution in [0.15, 0.2) is 48.5 Å². The molecule has 1 aliphatic carbocycles. The first kappa shape index (κ1) is 20.9. The summed E-state index contributed by atoms with van der Waals surface area (Å²) in [6.45, 7) is 5.52. The molecule has 0 radical (unpaired) electrons. The van der Waals surface area contributed by atoms with E-state index in [2.05, 4.69) is 15.5 Å². The van der Waals surface area contributed by atoms with Crippen molar-refractivity contribution in [1.29, 1.82) is 0 Å². The van der Waals surface area contributed by atoms with Gasteiger partial charge in [-0.25, -0.2) is 9.69 Å². The van der Waals surface area contributed by atoms with Gasteiger partial charge in [-0.3, -0.25) is 9.89 Å². The Morgan fingerprint density at radius 1 is 1.06 bits per heavy atom. The molecule has 7 nitrogen and oxygen atoms in total. The summed E-state index contributed by atoms with van der Waals surface area (Å²) in [6, 6.07) is 14.9. The van der Waals surface area contributed by atoms with Crippen molar-refractivity contribution in [1.82, 2.24) is 10.2 Å². The van der Waals surface area contributed by atoms with E-state index in [0.717, 1.165) is 36.6 Å². The molecule has 162 valence electrons. The van der Waals surface area contributed by atoms with Crippen molar-refractivity contribution in [3.05, 3.63) is 48.5 Å². The molecule has 1 saturated carbocycles. The lowest BCUT2D eigenvalue weighted by Gasteiger charge is -2.27. The van der Waals surface area contributed by atoms with Gasteiger partial charge in [0.05, 0.1) is 16.9 Å². The number of amides is 2. The Hall–Kier alpha value is -3.35. The Balaban J connectivity index is 1.64. The number of fused-ring (bicyclic) bond motifs is 1. The molecule has 2 aromatic carbocycles. The SMILES string of the molecule is CC(C)(C)OC(=O)N(c1ccccc1)c1ccc2c(NC(=O)C3CCCC3)n[nH]c2c1. The summed E-state index contributed by atoms with van der Waals surface area (Å²) in [5.41, 5.74) is 1.44. The fourth-order valence-corrected chi connectivity index (χ4v) is 3.89.